The number of amides is 1. The fourth-order valence-electron chi connectivity index (χ4n) is 2.15. The number of rotatable bonds is 4. The van der Waals surface area contributed by atoms with Crippen LogP contribution in [0.15, 0.2) is 18.2 Å². The molecule has 0 spiro atoms. The van der Waals surface area contributed by atoms with Crippen LogP contribution in [0.25, 0.3) is 0 Å². The molecule has 1 aliphatic rings. The van der Waals surface area contributed by atoms with Gasteiger partial charge in [0.1, 0.15) is 0 Å². The maximum absolute atomic E-state index is 12.3. The van der Waals surface area contributed by atoms with E-state index >= 15 is 0 Å². The number of benzene rings is 1. The molecule has 0 bridgehead atoms. The Hall–Kier alpha value is -0.870. The lowest BCUT2D eigenvalue weighted by atomic mass is 10.1. The third-order valence-corrected chi connectivity index (χ3v) is 4.43. The SMILES string of the molecule is CCNc1ccc(Cl)cc1C(=O)NC1CCSCC1. The lowest BCUT2D eigenvalue weighted by molar-refractivity contribution is 0.0935. The van der Waals surface area contributed by atoms with Crippen molar-refractivity contribution in [2.24, 2.45) is 0 Å². The smallest absolute Gasteiger partial charge is 0.253 e. The average molecular weight is 299 g/mol. The van der Waals surface area contributed by atoms with E-state index in [1.807, 2.05) is 24.8 Å². The summed E-state index contributed by atoms with van der Waals surface area (Å²) in [5, 5.41) is 6.90. The maximum Gasteiger partial charge on any atom is 0.253 e. The van der Waals surface area contributed by atoms with E-state index in [-0.39, 0.29) is 5.91 Å². The summed E-state index contributed by atoms with van der Waals surface area (Å²) in [4.78, 5) is 12.3. The molecule has 2 N–H and O–H groups in total. The topological polar surface area (TPSA) is 41.1 Å². The van der Waals surface area contributed by atoms with Gasteiger partial charge in [0, 0.05) is 23.3 Å². The quantitative estimate of drug-likeness (QED) is 0.895. The number of hydrogen-bond donors (Lipinski definition) is 2. The van der Waals surface area contributed by atoms with Gasteiger partial charge in [-0.25, -0.2) is 0 Å². The van der Waals surface area contributed by atoms with Crippen LogP contribution in [0.2, 0.25) is 5.02 Å². The Balaban J connectivity index is 2.10. The highest BCUT2D eigenvalue weighted by Gasteiger charge is 2.18. The molecular weight excluding hydrogens is 280 g/mol. The summed E-state index contributed by atoms with van der Waals surface area (Å²) in [5.41, 5.74) is 1.47. The molecule has 0 unspecified atom stereocenters. The Kier molecular flexibility index (Phi) is 5.40. The van der Waals surface area contributed by atoms with Gasteiger partial charge >= 0.3 is 0 Å². The van der Waals surface area contributed by atoms with Crippen molar-refractivity contribution in [3.05, 3.63) is 28.8 Å². The van der Waals surface area contributed by atoms with Crippen molar-refractivity contribution in [1.29, 1.82) is 0 Å². The minimum atomic E-state index is -0.0321. The molecular formula is C14H19ClN2OS. The van der Waals surface area contributed by atoms with Crippen molar-refractivity contribution in [2.75, 3.05) is 23.4 Å². The summed E-state index contributed by atoms with van der Waals surface area (Å²) >= 11 is 7.94. The zero-order chi connectivity index (χ0) is 13.7. The molecule has 1 aromatic rings. The van der Waals surface area contributed by atoms with E-state index in [2.05, 4.69) is 10.6 Å². The van der Waals surface area contributed by atoms with Crippen molar-refractivity contribution in [2.45, 2.75) is 25.8 Å². The highest BCUT2D eigenvalue weighted by molar-refractivity contribution is 7.99. The van der Waals surface area contributed by atoms with Crippen LogP contribution >= 0.6 is 23.4 Å². The predicted molar refractivity (Wildman–Crippen MR) is 83.4 cm³/mol. The van der Waals surface area contributed by atoms with Gasteiger partial charge in [0.25, 0.3) is 5.91 Å². The molecule has 104 valence electrons. The number of carbonyl (C=O) groups excluding carboxylic acids is 1. The largest absolute Gasteiger partial charge is 0.385 e. The second-order valence-electron chi connectivity index (χ2n) is 4.58. The molecule has 1 saturated heterocycles. The molecule has 0 aliphatic carbocycles. The van der Waals surface area contributed by atoms with Gasteiger partial charge in [0.2, 0.25) is 0 Å². The van der Waals surface area contributed by atoms with Crippen LogP contribution in [0, 0.1) is 0 Å². The summed E-state index contributed by atoms with van der Waals surface area (Å²) in [7, 11) is 0. The first kappa shape index (κ1) is 14.5. The molecule has 1 aliphatic heterocycles. The molecule has 1 fully saturated rings. The molecule has 0 aromatic heterocycles. The Morgan fingerprint density at radius 3 is 2.84 bits per heavy atom. The van der Waals surface area contributed by atoms with Gasteiger partial charge in [-0.05, 0) is 49.5 Å². The third kappa shape index (κ3) is 4.05. The lowest BCUT2D eigenvalue weighted by Crippen LogP contribution is -2.37. The second-order valence-corrected chi connectivity index (χ2v) is 6.24. The second kappa shape index (κ2) is 7.06. The Bertz CT molecular complexity index is 447. The zero-order valence-electron chi connectivity index (χ0n) is 11.0. The molecule has 1 aromatic carbocycles. The fraction of sp³-hybridized carbons (Fsp3) is 0.500. The maximum atomic E-state index is 12.3. The van der Waals surface area contributed by atoms with Gasteiger partial charge in [0.15, 0.2) is 0 Å². The van der Waals surface area contributed by atoms with E-state index in [1.54, 1.807) is 12.1 Å². The van der Waals surface area contributed by atoms with Crippen LogP contribution in [0.5, 0.6) is 0 Å². The third-order valence-electron chi connectivity index (χ3n) is 3.15. The van der Waals surface area contributed by atoms with Crippen LogP contribution in [0.4, 0.5) is 5.69 Å². The molecule has 1 heterocycles. The number of carbonyl (C=O) groups is 1. The number of anilines is 1. The molecule has 2 rings (SSSR count). The minimum Gasteiger partial charge on any atom is -0.385 e. The summed E-state index contributed by atoms with van der Waals surface area (Å²) in [6, 6.07) is 5.68. The van der Waals surface area contributed by atoms with Crippen molar-refractivity contribution < 1.29 is 4.79 Å². The van der Waals surface area contributed by atoms with Crippen LogP contribution < -0.4 is 10.6 Å². The zero-order valence-corrected chi connectivity index (χ0v) is 12.6. The monoisotopic (exact) mass is 298 g/mol. The Morgan fingerprint density at radius 2 is 2.16 bits per heavy atom. The van der Waals surface area contributed by atoms with E-state index in [9.17, 15) is 4.79 Å². The van der Waals surface area contributed by atoms with Crippen LogP contribution in [0.1, 0.15) is 30.1 Å². The summed E-state index contributed by atoms with van der Waals surface area (Å²) in [5.74, 6) is 2.22. The Labute approximate surface area is 123 Å². The van der Waals surface area contributed by atoms with Gasteiger partial charge in [-0.2, -0.15) is 11.8 Å². The van der Waals surface area contributed by atoms with Crippen molar-refractivity contribution in [3.8, 4) is 0 Å². The van der Waals surface area contributed by atoms with Crippen molar-refractivity contribution >= 4 is 35.0 Å². The first-order valence-electron chi connectivity index (χ1n) is 6.62. The van der Waals surface area contributed by atoms with Crippen LogP contribution in [0.3, 0.4) is 0 Å². The van der Waals surface area contributed by atoms with Crippen LogP contribution in [-0.4, -0.2) is 30.0 Å². The van der Waals surface area contributed by atoms with Crippen LogP contribution in [-0.2, 0) is 0 Å². The average Bonchev–Trinajstić information content (AvgIpc) is 2.42. The van der Waals surface area contributed by atoms with Crippen molar-refractivity contribution in [1.82, 2.24) is 5.32 Å². The van der Waals surface area contributed by atoms with E-state index < -0.39 is 0 Å². The molecule has 3 nitrogen and oxygen atoms in total. The number of nitrogens with one attached hydrogen (secondary N) is 2. The van der Waals surface area contributed by atoms with Gasteiger partial charge in [-0.1, -0.05) is 11.6 Å². The highest BCUT2D eigenvalue weighted by atomic mass is 35.5. The molecule has 0 radical (unpaired) electrons. The number of hydrogen-bond acceptors (Lipinski definition) is 3. The standard InChI is InChI=1S/C14H19ClN2OS/c1-2-16-13-4-3-10(15)9-12(13)14(18)17-11-5-7-19-8-6-11/h3-4,9,11,16H,2,5-8H2,1H3,(H,17,18). The number of thioether (sulfide) groups is 1. The van der Waals surface area contributed by atoms with E-state index in [4.69, 9.17) is 11.6 Å². The van der Waals surface area contributed by atoms with Gasteiger partial charge in [0.05, 0.1) is 5.56 Å². The summed E-state index contributed by atoms with van der Waals surface area (Å²) in [6.45, 7) is 2.79. The molecule has 1 amide bonds. The van der Waals surface area contributed by atoms with E-state index in [0.717, 1.165) is 36.6 Å². The molecule has 19 heavy (non-hydrogen) atoms. The molecule has 5 heteroatoms. The first-order valence-corrected chi connectivity index (χ1v) is 8.16. The van der Waals surface area contributed by atoms with Gasteiger partial charge in [-0.3, -0.25) is 4.79 Å². The highest BCUT2D eigenvalue weighted by Crippen LogP contribution is 2.22. The normalized spacial score (nSPS) is 16.1. The summed E-state index contributed by atoms with van der Waals surface area (Å²) < 4.78 is 0. The van der Waals surface area contributed by atoms with Gasteiger partial charge < -0.3 is 10.6 Å². The van der Waals surface area contributed by atoms with Crippen molar-refractivity contribution in [3.63, 3.8) is 0 Å². The van der Waals surface area contributed by atoms with Gasteiger partial charge in [-0.15, -0.1) is 0 Å². The molecule has 0 saturated carbocycles. The minimum absolute atomic E-state index is 0.0321. The summed E-state index contributed by atoms with van der Waals surface area (Å²) in [6.07, 6.45) is 2.10. The Morgan fingerprint density at radius 1 is 1.42 bits per heavy atom. The van der Waals surface area contributed by atoms with E-state index in [0.29, 0.717) is 16.6 Å². The number of halogens is 1. The van der Waals surface area contributed by atoms with E-state index in [1.165, 1.54) is 0 Å². The predicted octanol–water partition coefficient (Wildman–Crippen LogP) is 3.40. The fourth-order valence-corrected chi connectivity index (χ4v) is 3.43. The lowest BCUT2D eigenvalue weighted by Gasteiger charge is -2.23. The molecule has 0 atom stereocenters. The first-order chi connectivity index (χ1) is 9.20.